The second-order valence-electron chi connectivity index (χ2n) is 7.23. The van der Waals surface area contributed by atoms with Crippen LogP contribution in [0.15, 0.2) is 21.9 Å². The summed E-state index contributed by atoms with van der Waals surface area (Å²) in [6.45, 7) is 1.66. The van der Waals surface area contributed by atoms with Crippen LogP contribution < -0.4 is 10.6 Å². The third-order valence-corrected chi connectivity index (χ3v) is 8.45. The van der Waals surface area contributed by atoms with Crippen LogP contribution in [-0.2, 0) is 15.3 Å². The standard InChI is InChI=1S/C18H21N5O3S3/c1-11-5-2-3-7-18(11)14(25)23(16(26)20-18)9-13(24)19-15-21-22-17(29-15)28-10-12-6-4-8-27-12/h4,6,8,11H,2-3,5,7,9-10H2,1H3,(H,20,26)(H,19,21,24)/t11-,18-/m0/s1. The lowest BCUT2D eigenvalue weighted by molar-refractivity contribution is -0.136. The van der Waals surface area contributed by atoms with Gasteiger partial charge in [0, 0.05) is 10.6 Å². The summed E-state index contributed by atoms with van der Waals surface area (Å²) in [4.78, 5) is 40.0. The normalized spacial score (nSPS) is 24.2. The van der Waals surface area contributed by atoms with E-state index in [4.69, 9.17) is 0 Å². The van der Waals surface area contributed by atoms with Gasteiger partial charge in [0.15, 0.2) is 4.34 Å². The molecule has 11 heteroatoms. The van der Waals surface area contributed by atoms with E-state index in [1.54, 1.807) is 23.1 Å². The SMILES string of the molecule is C[C@H]1CCCC[C@]12NC(=O)N(CC(=O)Nc1nnc(SCc3cccs3)s1)C2=O. The summed E-state index contributed by atoms with van der Waals surface area (Å²) in [7, 11) is 0. The van der Waals surface area contributed by atoms with Gasteiger partial charge in [-0.2, -0.15) is 0 Å². The van der Waals surface area contributed by atoms with E-state index in [-0.39, 0.29) is 18.4 Å². The number of thioether (sulfide) groups is 1. The Morgan fingerprint density at radius 2 is 2.28 bits per heavy atom. The second kappa shape index (κ2) is 8.41. The van der Waals surface area contributed by atoms with Crippen LogP contribution in [-0.4, -0.2) is 45.0 Å². The molecule has 0 radical (unpaired) electrons. The third kappa shape index (κ3) is 4.17. The molecule has 8 nitrogen and oxygen atoms in total. The number of urea groups is 1. The number of nitrogens with zero attached hydrogens (tertiary/aromatic N) is 3. The van der Waals surface area contributed by atoms with Crippen LogP contribution in [0.1, 0.15) is 37.5 Å². The fourth-order valence-corrected chi connectivity index (χ4v) is 6.33. The molecule has 1 aliphatic carbocycles. The highest BCUT2D eigenvalue weighted by Crippen LogP contribution is 2.38. The molecule has 2 aliphatic rings. The zero-order chi connectivity index (χ0) is 20.4. The molecule has 0 aromatic carbocycles. The van der Waals surface area contributed by atoms with E-state index >= 15 is 0 Å². The number of nitrogens with one attached hydrogen (secondary N) is 2. The number of thiophene rings is 1. The van der Waals surface area contributed by atoms with E-state index < -0.39 is 17.5 Å². The summed E-state index contributed by atoms with van der Waals surface area (Å²) in [5, 5.41) is 15.9. The van der Waals surface area contributed by atoms with Gasteiger partial charge in [-0.1, -0.05) is 48.9 Å². The van der Waals surface area contributed by atoms with Crippen molar-refractivity contribution >= 4 is 57.4 Å². The molecule has 2 aromatic rings. The first kappa shape index (κ1) is 20.3. The predicted molar refractivity (Wildman–Crippen MR) is 113 cm³/mol. The number of hydrogen-bond donors (Lipinski definition) is 2. The van der Waals surface area contributed by atoms with E-state index in [9.17, 15) is 14.4 Å². The van der Waals surface area contributed by atoms with Gasteiger partial charge in [0.1, 0.15) is 12.1 Å². The molecule has 2 N–H and O–H groups in total. The van der Waals surface area contributed by atoms with Crippen LogP contribution in [0.25, 0.3) is 0 Å². The first-order valence-electron chi connectivity index (χ1n) is 9.40. The van der Waals surface area contributed by atoms with E-state index in [0.29, 0.717) is 11.6 Å². The molecule has 0 bridgehead atoms. The summed E-state index contributed by atoms with van der Waals surface area (Å²) in [6.07, 6.45) is 3.46. The van der Waals surface area contributed by atoms with Crippen molar-refractivity contribution in [3.63, 3.8) is 0 Å². The zero-order valence-corrected chi connectivity index (χ0v) is 18.3. The van der Waals surface area contributed by atoms with Crippen molar-refractivity contribution in [3.05, 3.63) is 22.4 Å². The molecule has 2 aromatic heterocycles. The van der Waals surface area contributed by atoms with Crippen LogP contribution in [0.5, 0.6) is 0 Å². The van der Waals surface area contributed by atoms with E-state index in [2.05, 4.69) is 26.9 Å². The van der Waals surface area contributed by atoms with E-state index in [0.717, 1.165) is 34.3 Å². The van der Waals surface area contributed by atoms with Crippen molar-refractivity contribution < 1.29 is 14.4 Å². The fraction of sp³-hybridized carbons (Fsp3) is 0.500. The minimum absolute atomic E-state index is 0.0619. The van der Waals surface area contributed by atoms with Gasteiger partial charge < -0.3 is 5.32 Å². The lowest BCUT2D eigenvalue weighted by Gasteiger charge is -2.36. The highest BCUT2D eigenvalue weighted by atomic mass is 32.2. The quantitative estimate of drug-likeness (QED) is 0.397. The molecule has 0 unspecified atom stereocenters. The van der Waals surface area contributed by atoms with Gasteiger partial charge in [0.05, 0.1) is 0 Å². The van der Waals surface area contributed by atoms with Crippen LogP contribution in [0.4, 0.5) is 9.93 Å². The fourth-order valence-electron chi connectivity index (χ4n) is 3.79. The predicted octanol–water partition coefficient (Wildman–Crippen LogP) is 3.33. The molecular formula is C18H21N5O3S3. The van der Waals surface area contributed by atoms with Gasteiger partial charge in [-0.05, 0) is 30.2 Å². The van der Waals surface area contributed by atoms with E-state index in [1.807, 2.05) is 18.4 Å². The number of anilines is 1. The van der Waals surface area contributed by atoms with Crippen LogP contribution in [0.3, 0.4) is 0 Å². The van der Waals surface area contributed by atoms with Crippen LogP contribution >= 0.6 is 34.4 Å². The molecule has 1 aliphatic heterocycles. The Kier molecular flexibility index (Phi) is 5.88. The average molecular weight is 452 g/mol. The Labute approximate surface area is 180 Å². The van der Waals surface area contributed by atoms with Crippen molar-refractivity contribution in [1.29, 1.82) is 0 Å². The van der Waals surface area contributed by atoms with E-state index in [1.165, 1.54) is 16.2 Å². The number of aromatic nitrogens is 2. The molecule has 4 rings (SSSR count). The van der Waals surface area contributed by atoms with Gasteiger partial charge in [-0.3, -0.25) is 19.8 Å². The molecule has 2 atom stereocenters. The largest absolute Gasteiger partial charge is 0.325 e. The molecule has 1 saturated heterocycles. The summed E-state index contributed by atoms with van der Waals surface area (Å²) in [6, 6.07) is 3.56. The molecule has 2 fully saturated rings. The van der Waals surface area contributed by atoms with Crippen molar-refractivity contribution in [2.24, 2.45) is 5.92 Å². The number of amides is 4. The minimum atomic E-state index is -0.857. The number of hydrogen-bond acceptors (Lipinski definition) is 8. The first-order valence-corrected chi connectivity index (χ1v) is 12.1. The molecule has 1 saturated carbocycles. The number of carbonyl (C=O) groups excluding carboxylic acids is 3. The van der Waals surface area contributed by atoms with Gasteiger partial charge in [-0.25, -0.2) is 4.79 Å². The van der Waals surface area contributed by atoms with Crippen LogP contribution in [0, 0.1) is 5.92 Å². The summed E-state index contributed by atoms with van der Waals surface area (Å²) >= 11 is 4.50. The minimum Gasteiger partial charge on any atom is -0.323 e. The molecule has 4 amide bonds. The Bertz CT molecular complexity index is 916. The molecule has 1 spiro atoms. The van der Waals surface area contributed by atoms with Crippen molar-refractivity contribution in [2.45, 2.75) is 48.2 Å². The van der Waals surface area contributed by atoms with Gasteiger partial charge >= 0.3 is 6.03 Å². The molecular weight excluding hydrogens is 430 g/mol. The molecule has 29 heavy (non-hydrogen) atoms. The Hall–Kier alpha value is -1.98. The summed E-state index contributed by atoms with van der Waals surface area (Å²) < 4.78 is 0.749. The topological polar surface area (TPSA) is 104 Å². The Morgan fingerprint density at radius 1 is 1.41 bits per heavy atom. The van der Waals surface area contributed by atoms with Crippen molar-refractivity contribution in [3.8, 4) is 0 Å². The summed E-state index contributed by atoms with van der Waals surface area (Å²) in [5.74, 6) is 0.101. The summed E-state index contributed by atoms with van der Waals surface area (Å²) in [5.41, 5.74) is -0.857. The van der Waals surface area contributed by atoms with Gasteiger partial charge in [-0.15, -0.1) is 21.5 Å². The average Bonchev–Trinajstić information content (AvgIpc) is 3.41. The Morgan fingerprint density at radius 3 is 3.03 bits per heavy atom. The number of rotatable bonds is 6. The lowest BCUT2D eigenvalue weighted by Crippen LogP contribution is -2.54. The zero-order valence-electron chi connectivity index (χ0n) is 15.8. The maximum atomic E-state index is 12.9. The number of imide groups is 1. The smallest absolute Gasteiger partial charge is 0.323 e. The maximum absolute atomic E-state index is 12.9. The highest BCUT2D eigenvalue weighted by molar-refractivity contribution is 8.00. The maximum Gasteiger partial charge on any atom is 0.325 e. The monoisotopic (exact) mass is 451 g/mol. The van der Waals surface area contributed by atoms with Crippen molar-refractivity contribution in [2.75, 3.05) is 11.9 Å². The lowest BCUT2D eigenvalue weighted by atomic mass is 9.73. The van der Waals surface area contributed by atoms with Gasteiger partial charge in [0.25, 0.3) is 5.91 Å². The van der Waals surface area contributed by atoms with Crippen molar-refractivity contribution in [1.82, 2.24) is 20.4 Å². The van der Waals surface area contributed by atoms with Gasteiger partial charge in [0.2, 0.25) is 11.0 Å². The van der Waals surface area contributed by atoms with Crippen LogP contribution in [0.2, 0.25) is 0 Å². The first-order chi connectivity index (χ1) is 14.0. The number of carbonyl (C=O) groups is 3. The Balaban J connectivity index is 1.34. The molecule has 3 heterocycles. The molecule has 154 valence electrons. The second-order valence-corrected chi connectivity index (χ2v) is 10.5. The highest BCUT2D eigenvalue weighted by Gasteiger charge is 2.55. The third-order valence-electron chi connectivity index (χ3n) is 5.37.